The first-order chi connectivity index (χ1) is 6.38. The van der Waals surface area contributed by atoms with Crippen LogP contribution in [0.3, 0.4) is 0 Å². The molecular weight excluding hydrogens is 166 g/mol. The lowest BCUT2D eigenvalue weighted by atomic mass is 10.3. The summed E-state index contributed by atoms with van der Waals surface area (Å²) >= 11 is 0. The van der Waals surface area contributed by atoms with Crippen LogP contribution in [0.4, 0.5) is 0 Å². The van der Waals surface area contributed by atoms with E-state index in [1.807, 2.05) is 24.3 Å². The molecule has 1 aliphatic heterocycles. The minimum absolute atomic E-state index is 0.360. The lowest BCUT2D eigenvalue weighted by molar-refractivity contribution is 0.174. The first-order valence-electron chi connectivity index (χ1n) is 4.43. The quantitative estimate of drug-likeness (QED) is 0.718. The second kappa shape index (κ2) is 5.43. The average Bonchev–Trinajstić information content (AvgIpc) is 2.66. The van der Waals surface area contributed by atoms with Crippen LogP contribution in [0.25, 0.3) is 0 Å². The van der Waals surface area contributed by atoms with Crippen molar-refractivity contribution >= 4 is 0 Å². The van der Waals surface area contributed by atoms with Crippen LogP contribution in [0.2, 0.25) is 0 Å². The Bertz CT molecular complexity index is 225. The first kappa shape index (κ1) is 9.86. The molecule has 0 atom stereocenters. The molecule has 0 unspecified atom stereocenters. The molecule has 1 aliphatic rings. The highest BCUT2D eigenvalue weighted by Crippen LogP contribution is 2.30. The molecule has 2 rings (SSSR count). The minimum atomic E-state index is 0.360. The lowest BCUT2D eigenvalue weighted by Gasteiger charge is -1.89. The Morgan fingerprint density at radius 3 is 2.08 bits per heavy atom. The van der Waals surface area contributed by atoms with Gasteiger partial charge < -0.3 is 15.2 Å². The number of fused-ring (bicyclic) bond motifs is 1. The molecule has 72 valence electrons. The first-order valence-corrected chi connectivity index (χ1v) is 4.43. The van der Waals surface area contributed by atoms with Crippen molar-refractivity contribution in [3.8, 4) is 11.5 Å². The van der Waals surface area contributed by atoms with E-state index in [4.69, 9.17) is 15.2 Å². The summed E-state index contributed by atoms with van der Waals surface area (Å²) in [5, 5.41) is 0. The third-order valence-corrected chi connectivity index (χ3v) is 1.57. The van der Waals surface area contributed by atoms with E-state index in [1.54, 1.807) is 0 Å². The Morgan fingerprint density at radius 2 is 1.69 bits per heavy atom. The molecule has 0 saturated heterocycles. The number of para-hydroxylation sites is 2. The zero-order chi connectivity index (χ0) is 9.52. The van der Waals surface area contributed by atoms with Crippen LogP contribution in [0.1, 0.15) is 13.3 Å². The third kappa shape index (κ3) is 2.95. The zero-order valence-electron chi connectivity index (χ0n) is 7.82. The highest BCUT2D eigenvalue weighted by Gasteiger charge is 2.09. The molecule has 0 saturated carbocycles. The molecule has 0 aromatic heterocycles. The van der Waals surface area contributed by atoms with Gasteiger partial charge in [0.25, 0.3) is 0 Å². The van der Waals surface area contributed by atoms with Gasteiger partial charge in [-0.25, -0.2) is 0 Å². The molecule has 3 nitrogen and oxygen atoms in total. The van der Waals surface area contributed by atoms with Crippen molar-refractivity contribution in [1.82, 2.24) is 0 Å². The van der Waals surface area contributed by atoms with Crippen LogP contribution in [0.15, 0.2) is 24.3 Å². The van der Waals surface area contributed by atoms with Gasteiger partial charge in [0.2, 0.25) is 6.79 Å². The van der Waals surface area contributed by atoms with Gasteiger partial charge in [-0.15, -0.1) is 0 Å². The third-order valence-electron chi connectivity index (χ3n) is 1.57. The van der Waals surface area contributed by atoms with Gasteiger partial charge >= 0.3 is 0 Å². The maximum Gasteiger partial charge on any atom is 0.231 e. The van der Waals surface area contributed by atoms with Crippen molar-refractivity contribution < 1.29 is 9.47 Å². The zero-order valence-corrected chi connectivity index (χ0v) is 7.82. The molecule has 1 aromatic rings. The maximum atomic E-state index is 5.08. The standard InChI is InChI=1S/C7H6O2.C3H9N/c1-2-4-7-6(3-1)8-5-9-7;1-2-3-4/h1-4H,5H2;2-4H2,1H3. The summed E-state index contributed by atoms with van der Waals surface area (Å²) in [7, 11) is 0. The summed E-state index contributed by atoms with van der Waals surface area (Å²) in [4.78, 5) is 0. The molecule has 0 bridgehead atoms. The van der Waals surface area contributed by atoms with Crippen molar-refractivity contribution in [3.63, 3.8) is 0 Å². The summed E-state index contributed by atoms with van der Waals surface area (Å²) in [6.45, 7) is 3.24. The molecule has 1 aromatic carbocycles. The molecule has 2 N–H and O–H groups in total. The van der Waals surface area contributed by atoms with E-state index < -0.39 is 0 Å². The van der Waals surface area contributed by atoms with Crippen LogP contribution in [-0.2, 0) is 0 Å². The van der Waals surface area contributed by atoms with E-state index in [1.165, 1.54) is 0 Å². The highest BCUT2D eigenvalue weighted by molar-refractivity contribution is 5.40. The van der Waals surface area contributed by atoms with E-state index in [0.717, 1.165) is 24.5 Å². The molecule has 0 aliphatic carbocycles. The van der Waals surface area contributed by atoms with Crippen LogP contribution >= 0.6 is 0 Å². The molecule has 0 amide bonds. The normalized spacial score (nSPS) is 11.8. The second-order valence-corrected chi connectivity index (χ2v) is 2.64. The van der Waals surface area contributed by atoms with Crippen molar-refractivity contribution in [2.45, 2.75) is 13.3 Å². The number of benzene rings is 1. The fourth-order valence-electron chi connectivity index (χ4n) is 0.845. The topological polar surface area (TPSA) is 44.5 Å². The number of ether oxygens (including phenoxy) is 2. The monoisotopic (exact) mass is 181 g/mol. The van der Waals surface area contributed by atoms with E-state index >= 15 is 0 Å². The summed E-state index contributed by atoms with van der Waals surface area (Å²) in [5.74, 6) is 1.69. The molecule has 0 fully saturated rings. The average molecular weight is 181 g/mol. The van der Waals surface area contributed by atoms with E-state index in [9.17, 15) is 0 Å². The van der Waals surface area contributed by atoms with Gasteiger partial charge in [-0.3, -0.25) is 0 Å². The van der Waals surface area contributed by atoms with Crippen molar-refractivity contribution in [3.05, 3.63) is 24.3 Å². The van der Waals surface area contributed by atoms with Gasteiger partial charge in [0.05, 0.1) is 0 Å². The molecule has 0 radical (unpaired) electrons. The highest BCUT2D eigenvalue weighted by atomic mass is 16.7. The van der Waals surface area contributed by atoms with E-state index in [2.05, 4.69) is 6.92 Å². The second-order valence-electron chi connectivity index (χ2n) is 2.64. The van der Waals surface area contributed by atoms with Gasteiger partial charge in [-0.05, 0) is 25.1 Å². The van der Waals surface area contributed by atoms with Crippen LogP contribution < -0.4 is 15.2 Å². The van der Waals surface area contributed by atoms with Crippen molar-refractivity contribution in [2.24, 2.45) is 5.73 Å². The van der Waals surface area contributed by atoms with Crippen LogP contribution in [-0.4, -0.2) is 13.3 Å². The lowest BCUT2D eigenvalue weighted by Crippen LogP contribution is -1.93. The predicted molar refractivity (Wildman–Crippen MR) is 51.9 cm³/mol. The van der Waals surface area contributed by atoms with Crippen LogP contribution in [0.5, 0.6) is 11.5 Å². The SMILES string of the molecule is CCCN.c1ccc2c(c1)OCO2. The largest absolute Gasteiger partial charge is 0.454 e. The smallest absolute Gasteiger partial charge is 0.231 e. The molecule has 0 spiro atoms. The minimum Gasteiger partial charge on any atom is -0.454 e. The van der Waals surface area contributed by atoms with Gasteiger partial charge in [0.1, 0.15) is 0 Å². The maximum absolute atomic E-state index is 5.08. The van der Waals surface area contributed by atoms with Gasteiger partial charge in [0, 0.05) is 0 Å². The Balaban J connectivity index is 0.000000184. The molecule has 1 heterocycles. The number of nitrogens with two attached hydrogens (primary N) is 1. The van der Waals surface area contributed by atoms with Gasteiger partial charge in [0.15, 0.2) is 11.5 Å². The summed E-state index contributed by atoms with van der Waals surface area (Å²) in [6, 6.07) is 7.63. The summed E-state index contributed by atoms with van der Waals surface area (Å²) < 4.78 is 10.2. The van der Waals surface area contributed by atoms with Crippen LogP contribution in [0, 0.1) is 0 Å². The fourth-order valence-corrected chi connectivity index (χ4v) is 0.845. The Hall–Kier alpha value is -1.22. The van der Waals surface area contributed by atoms with Gasteiger partial charge in [-0.2, -0.15) is 0 Å². The van der Waals surface area contributed by atoms with Crippen molar-refractivity contribution in [1.29, 1.82) is 0 Å². The number of rotatable bonds is 1. The summed E-state index contributed by atoms with van der Waals surface area (Å²) in [5.41, 5.74) is 5.03. The van der Waals surface area contributed by atoms with Gasteiger partial charge in [-0.1, -0.05) is 19.1 Å². The Morgan fingerprint density at radius 1 is 1.23 bits per heavy atom. The van der Waals surface area contributed by atoms with Crippen molar-refractivity contribution in [2.75, 3.05) is 13.3 Å². The predicted octanol–water partition coefficient (Wildman–Crippen LogP) is 1.77. The summed E-state index contributed by atoms with van der Waals surface area (Å²) in [6.07, 6.45) is 1.10. The fraction of sp³-hybridized carbons (Fsp3) is 0.400. The van der Waals surface area contributed by atoms with E-state index in [-0.39, 0.29) is 0 Å². The Kier molecular flexibility index (Phi) is 4.12. The molecule has 13 heavy (non-hydrogen) atoms. The molecular formula is C10H15NO2. The van der Waals surface area contributed by atoms with E-state index in [0.29, 0.717) is 6.79 Å². The Labute approximate surface area is 78.5 Å². The number of hydrogen-bond donors (Lipinski definition) is 1. The molecule has 3 heteroatoms. The number of hydrogen-bond acceptors (Lipinski definition) is 3.